The predicted molar refractivity (Wildman–Crippen MR) is 113 cm³/mol. The summed E-state index contributed by atoms with van der Waals surface area (Å²) in [5, 5.41) is 3.87. The van der Waals surface area contributed by atoms with Gasteiger partial charge in [-0.2, -0.15) is 0 Å². The number of aromatic nitrogens is 2. The van der Waals surface area contributed by atoms with Crippen molar-refractivity contribution in [2.45, 2.75) is 39.7 Å². The number of carbonyl (C=O) groups excluding carboxylic acids is 1. The van der Waals surface area contributed by atoms with Gasteiger partial charge in [0.2, 0.25) is 0 Å². The van der Waals surface area contributed by atoms with Gasteiger partial charge in [0, 0.05) is 21.7 Å². The van der Waals surface area contributed by atoms with Crippen LogP contribution in [-0.2, 0) is 12.0 Å². The quantitative estimate of drug-likeness (QED) is 0.575. The Kier molecular flexibility index (Phi) is 5.27. The molecule has 4 nitrogen and oxygen atoms in total. The summed E-state index contributed by atoms with van der Waals surface area (Å²) in [4.78, 5) is 21.4. The zero-order valence-corrected chi connectivity index (χ0v) is 17.6. The van der Waals surface area contributed by atoms with Gasteiger partial charge in [-0.3, -0.25) is 4.79 Å². The lowest BCUT2D eigenvalue weighted by Crippen LogP contribution is -2.24. The van der Waals surface area contributed by atoms with Crippen molar-refractivity contribution in [2.75, 3.05) is 0 Å². The summed E-state index contributed by atoms with van der Waals surface area (Å²) in [6.07, 6.45) is 1.77. The van der Waals surface area contributed by atoms with Gasteiger partial charge in [0.25, 0.3) is 5.91 Å². The first-order valence-electron chi connectivity index (χ1n) is 8.54. The lowest BCUT2D eigenvalue weighted by atomic mass is 9.87. The largest absolute Gasteiger partial charge is 0.348 e. The molecule has 1 N–H and O–H groups in total. The van der Waals surface area contributed by atoms with Crippen LogP contribution < -0.4 is 5.32 Å². The van der Waals surface area contributed by atoms with Crippen LogP contribution in [-0.4, -0.2) is 15.9 Å². The number of carbonyl (C=O) groups is 1. The highest BCUT2D eigenvalue weighted by atomic mass is 127. The second-order valence-corrected chi connectivity index (χ2v) is 8.70. The van der Waals surface area contributed by atoms with E-state index < -0.39 is 0 Å². The molecule has 0 spiro atoms. The van der Waals surface area contributed by atoms with E-state index in [2.05, 4.69) is 82.9 Å². The maximum absolute atomic E-state index is 12.6. The summed E-state index contributed by atoms with van der Waals surface area (Å²) in [5.74, 6) is -0.115. The van der Waals surface area contributed by atoms with Gasteiger partial charge in [-0.25, -0.2) is 9.97 Å². The molecule has 1 aromatic carbocycles. The minimum Gasteiger partial charge on any atom is -0.348 e. The van der Waals surface area contributed by atoms with Gasteiger partial charge in [-0.05, 0) is 58.2 Å². The van der Waals surface area contributed by atoms with Crippen LogP contribution in [0.1, 0.15) is 48.0 Å². The van der Waals surface area contributed by atoms with Crippen LogP contribution in [0.5, 0.6) is 0 Å². The number of pyridine rings is 2. The monoisotopic (exact) mass is 459 g/mol. The Bertz CT molecular complexity index is 959. The molecule has 1 amide bonds. The molecule has 0 saturated heterocycles. The molecule has 0 unspecified atom stereocenters. The Morgan fingerprint density at radius 3 is 2.50 bits per heavy atom. The summed E-state index contributed by atoms with van der Waals surface area (Å²) < 4.78 is 1.02. The molecule has 134 valence electrons. The third kappa shape index (κ3) is 4.20. The van der Waals surface area contributed by atoms with Gasteiger partial charge in [0.05, 0.1) is 11.3 Å². The van der Waals surface area contributed by atoms with E-state index >= 15 is 0 Å². The maximum Gasteiger partial charge on any atom is 0.253 e. The number of nitrogens with zero attached hydrogens (tertiary/aromatic N) is 2. The summed E-state index contributed by atoms with van der Waals surface area (Å²) >= 11 is 2.21. The van der Waals surface area contributed by atoms with Crippen LogP contribution in [0, 0.1) is 10.5 Å². The number of nitrogens with one attached hydrogen (secondary N) is 1. The molecule has 0 saturated carbocycles. The fourth-order valence-corrected chi connectivity index (χ4v) is 3.23. The van der Waals surface area contributed by atoms with Crippen LogP contribution in [0.3, 0.4) is 0 Å². The van der Waals surface area contributed by atoms with Gasteiger partial charge in [0.15, 0.2) is 5.65 Å². The highest BCUT2D eigenvalue weighted by Crippen LogP contribution is 2.22. The van der Waals surface area contributed by atoms with Gasteiger partial charge in [-0.1, -0.05) is 45.0 Å². The minimum atomic E-state index is -0.115. The molecular formula is C21H22IN3O. The normalized spacial score (nSPS) is 11.6. The lowest BCUT2D eigenvalue weighted by Gasteiger charge is -2.19. The molecule has 0 aliphatic heterocycles. The van der Waals surface area contributed by atoms with E-state index in [4.69, 9.17) is 0 Å². The third-order valence-corrected chi connectivity index (χ3v) is 4.93. The van der Waals surface area contributed by atoms with Crippen molar-refractivity contribution in [1.29, 1.82) is 0 Å². The highest BCUT2D eigenvalue weighted by Gasteiger charge is 2.14. The van der Waals surface area contributed by atoms with Gasteiger partial charge in [-0.15, -0.1) is 0 Å². The Balaban J connectivity index is 1.76. The van der Waals surface area contributed by atoms with Crippen molar-refractivity contribution >= 4 is 39.5 Å². The van der Waals surface area contributed by atoms with Crippen molar-refractivity contribution < 1.29 is 4.79 Å². The number of benzene rings is 1. The van der Waals surface area contributed by atoms with E-state index in [9.17, 15) is 4.79 Å². The van der Waals surface area contributed by atoms with Crippen LogP contribution in [0.2, 0.25) is 0 Å². The average molecular weight is 459 g/mol. The van der Waals surface area contributed by atoms with E-state index in [0.29, 0.717) is 23.4 Å². The van der Waals surface area contributed by atoms with Crippen molar-refractivity contribution in [3.63, 3.8) is 0 Å². The first-order chi connectivity index (χ1) is 12.2. The molecule has 2 aromatic heterocycles. The Hall–Kier alpha value is -2.02. The Morgan fingerprint density at radius 2 is 1.85 bits per heavy atom. The number of rotatable bonds is 3. The Labute approximate surface area is 167 Å². The predicted octanol–water partition coefficient (Wildman–Crippen LogP) is 4.77. The molecule has 0 aliphatic carbocycles. The second kappa shape index (κ2) is 7.31. The van der Waals surface area contributed by atoms with Crippen LogP contribution >= 0.6 is 22.6 Å². The first kappa shape index (κ1) is 18.8. The second-order valence-electron chi connectivity index (χ2n) is 7.45. The SMILES string of the molecule is Cc1nc2ncc(I)cc2cc1C(=O)NCc1ccc(C(C)(C)C)cc1. The van der Waals surface area contributed by atoms with Gasteiger partial charge in [0.1, 0.15) is 0 Å². The van der Waals surface area contributed by atoms with Crippen molar-refractivity contribution in [1.82, 2.24) is 15.3 Å². The molecule has 3 rings (SSSR count). The van der Waals surface area contributed by atoms with E-state index in [0.717, 1.165) is 14.5 Å². The molecule has 0 aliphatic rings. The number of hydrogen-bond donors (Lipinski definition) is 1. The Morgan fingerprint density at radius 1 is 1.15 bits per heavy atom. The van der Waals surface area contributed by atoms with E-state index in [1.165, 1.54) is 5.56 Å². The minimum absolute atomic E-state index is 0.115. The van der Waals surface area contributed by atoms with Crippen LogP contribution in [0.15, 0.2) is 42.6 Å². The van der Waals surface area contributed by atoms with Gasteiger partial charge >= 0.3 is 0 Å². The maximum atomic E-state index is 12.6. The molecule has 0 fully saturated rings. The zero-order valence-electron chi connectivity index (χ0n) is 15.4. The molecule has 5 heteroatoms. The fourth-order valence-electron chi connectivity index (χ4n) is 2.76. The molecule has 0 atom stereocenters. The van der Waals surface area contributed by atoms with Gasteiger partial charge < -0.3 is 5.32 Å². The first-order valence-corrected chi connectivity index (χ1v) is 9.62. The summed E-state index contributed by atoms with van der Waals surface area (Å²) in [6, 6.07) is 12.2. The van der Waals surface area contributed by atoms with E-state index in [1.807, 2.05) is 19.1 Å². The van der Waals surface area contributed by atoms with Crippen molar-refractivity contribution in [2.24, 2.45) is 0 Å². The molecule has 2 heterocycles. The van der Waals surface area contributed by atoms with Crippen molar-refractivity contribution in [3.05, 3.63) is 68.5 Å². The number of fused-ring (bicyclic) bond motifs is 1. The number of halogens is 1. The molecule has 3 aromatic rings. The third-order valence-electron chi connectivity index (χ3n) is 4.34. The molecule has 0 bridgehead atoms. The number of aryl methyl sites for hydroxylation is 1. The molecule has 26 heavy (non-hydrogen) atoms. The average Bonchev–Trinajstić information content (AvgIpc) is 2.59. The summed E-state index contributed by atoms with van der Waals surface area (Å²) in [5.41, 5.74) is 4.43. The lowest BCUT2D eigenvalue weighted by molar-refractivity contribution is 0.0950. The number of hydrogen-bond acceptors (Lipinski definition) is 3. The summed E-state index contributed by atoms with van der Waals surface area (Å²) in [6.45, 7) is 8.90. The molecular weight excluding hydrogens is 437 g/mol. The topological polar surface area (TPSA) is 54.9 Å². The fraction of sp³-hybridized carbons (Fsp3) is 0.286. The van der Waals surface area contributed by atoms with E-state index in [1.54, 1.807) is 6.20 Å². The number of amides is 1. The van der Waals surface area contributed by atoms with Crippen LogP contribution in [0.25, 0.3) is 11.0 Å². The van der Waals surface area contributed by atoms with E-state index in [-0.39, 0.29) is 11.3 Å². The molecule has 0 radical (unpaired) electrons. The highest BCUT2D eigenvalue weighted by molar-refractivity contribution is 14.1. The standard InChI is InChI=1S/C21H22IN3O/c1-13-18(10-15-9-17(22)12-23-19(15)25-13)20(26)24-11-14-5-7-16(8-6-14)21(2,3)4/h5-10,12H,11H2,1-4H3,(H,24,26). The smallest absolute Gasteiger partial charge is 0.253 e. The van der Waals surface area contributed by atoms with Crippen LogP contribution in [0.4, 0.5) is 0 Å². The summed E-state index contributed by atoms with van der Waals surface area (Å²) in [7, 11) is 0. The van der Waals surface area contributed by atoms with Crippen molar-refractivity contribution in [3.8, 4) is 0 Å². The zero-order chi connectivity index (χ0) is 18.9.